The largest absolute Gasteiger partial charge is 0.438 e. The molecule has 1 amide bonds. The number of hydrogen-bond donors (Lipinski definition) is 0. The van der Waals surface area contributed by atoms with Gasteiger partial charge in [0.2, 0.25) is 5.09 Å². The number of benzene rings is 1. The van der Waals surface area contributed by atoms with Gasteiger partial charge in [-0.25, -0.2) is 12.8 Å². The molecule has 6 nitrogen and oxygen atoms in total. The van der Waals surface area contributed by atoms with Crippen molar-refractivity contribution in [3.05, 3.63) is 64.6 Å². The van der Waals surface area contributed by atoms with Crippen molar-refractivity contribution in [3.63, 3.8) is 0 Å². The van der Waals surface area contributed by atoms with Gasteiger partial charge in [0.1, 0.15) is 5.82 Å². The fourth-order valence-corrected chi connectivity index (χ4v) is 5.04. The zero-order valence-electron chi connectivity index (χ0n) is 15.8. The smallest absolute Gasteiger partial charge is 0.290 e. The third kappa shape index (κ3) is 4.96. The van der Waals surface area contributed by atoms with Gasteiger partial charge in [-0.3, -0.25) is 4.79 Å². The fraction of sp³-hybridized carbons (Fsp3) is 0.350. The summed E-state index contributed by atoms with van der Waals surface area (Å²) in [5.41, 5.74) is 0.322. The van der Waals surface area contributed by atoms with Gasteiger partial charge in [-0.05, 0) is 43.2 Å². The number of halogens is 2. The first-order chi connectivity index (χ1) is 13.8. The van der Waals surface area contributed by atoms with E-state index in [1.807, 2.05) is 0 Å². The first-order valence-electron chi connectivity index (χ1n) is 9.27. The molecule has 1 saturated heterocycles. The van der Waals surface area contributed by atoms with E-state index in [0.29, 0.717) is 23.1 Å². The van der Waals surface area contributed by atoms with Crippen molar-refractivity contribution in [2.24, 2.45) is 0 Å². The van der Waals surface area contributed by atoms with Gasteiger partial charge in [0.15, 0.2) is 5.76 Å². The third-order valence-electron chi connectivity index (χ3n) is 4.71. The van der Waals surface area contributed by atoms with Gasteiger partial charge in [0, 0.05) is 36.2 Å². The molecule has 9 heteroatoms. The fourth-order valence-electron chi connectivity index (χ4n) is 3.21. The van der Waals surface area contributed by atoms with E-state index in [4.69, 9.17) is 4.42 Å². The van der Waals surface area contributed by atoms with Crippen molar-refractivity contribution in [1.29, 1.82) is 0 Å². The number of furan rings is 1. The number of hydrogen-bond acceptors (Lipinski definition) is 4. The molecule has 1 aliphatic heterocycles. The van der Waals surface area contributed by atoms with Crippen LogP contribution in [0.1, 0.15) is 35.4 Å². The summed E-state index contributed by atoms with van der Waals surface area (Å²) in [7, 11) is -3.77. The highest BCUT2D eigenvalue weighted by atomic mass is 79.9. The Bertz CT molecular complexity index is 1000. The highest BCUT2D eigenvalue weighted by Crippen LogP contribution is 2.24. The Balaban J connectivity index is 1.82. The number of nitrogens with zero attached hydrogens (tertiary/aromatic N) is 2. The van der Waals surface area contributed by atoms with E-state index in [0.717, 1.165) is 19.3 Å². The zero-order valence-corrected chi connectivity index (χ0v) is 18.2. The van der Waals surface area contributed by atoms with Crippen molar-refractivity contribution in [2.75, 3.05) is 19.6 Å². The average molecular weight is 485 g/mol. The number of rotatable bonds is 7. The lowest BCUT2D eigenvalue weighted by Gasteiger charge is -2.24. The molecular weight excluding hydrogens is 463 g/mol. The minimum Gasteiger partial charge on any atom is -0.438 e. The van der Waals surface area contributed by atoms with Crippen molar-refractivity contribution < 1.29 is 22.0 Å². The van der Waals surface area contributed by atoms with Crippen molar-refractivity contribution in [2.45, 2.75) is 30.9 Å². The summed E-state index contributed by atoms with van der Waals surface area (Å²) < 4.78 is 47.1. The van der Waals surface area contributed by atoms with Gasteiger partial charge in [-0.1, -0.05) is 28.4 Å². The van der Waals surface area contributed by atoms with E-state index in [-0.39, 0.29) is 23.9 Å². The number of carbonyl (C=O) groups excluding carboxylic acids is 1. The van der Waals surface area contributed by atoms with Gasteiger partial charge in [0.25, 0.3) is 15.9 Å². The summed E-state index contributed by atoms with van der Waals surface area (Å²) in [4.78, 5) is 14.2. The van der Waals surface area contributed by atoms with Crippen LogP contribution in [0.3, 0.4) is 0 Å². The van der Waals surface area contributed by atoms with Crippen molar-refractivity contribution in [1.82, 2.24) is 9.21 Å². The molecule has 0 spiro atoms. The van der Waals surface area contributed by atoms with E-state index in [2.05, 4.69) is 22.5 Å². The topological polar surface area (TPSA) is 70.8 Å². The summed E-state index contributed by atoms with van der Waals surface area (Å²) in [6.07, 6.45) is 4.12. The highest BCUT2D eigenvalue weighted by Gasteiger charge is 2.30. The Morgan fingerprint density at radius 2 is 1.97 bits per heavy atom. The van der Waals surface area contributed by atoms with Crippen LogP contribution in [0.4, 0.5) is 4.39 Å². The molecule has 0 N–H and O–H groups in total. The van der Waals surface area contributed by atoms with Crippen LogP contribution in [-0.2, 0) is 16.6 Å². The predicted octanol–water partition coefficient (Wildman–Crippen LogP) is 4.18. The lowest BCUT2D eigenvalue weighted by molar-refractivity contribution is 0.0723. The normalized spacial score (nSPS) is 15.2. The number of sulfonamides is 1. The van der Waals surface area contributed by atoms with Crippen molar-refractivity contribution >= 4 is 31.9 Å². The average Bonchev–Trinajstić information content (AvgIpc) is 3.21. The zero-order chi connectivity index (χ0) is 21.0. The first kappa shape index (κ1) is 21.7. The molecule has 1 aliphatic rings. The van der Waals surface area contributed by atoms with Crippen LogP contribution in [-0.4, -0.2) is 43.2 Å². The lowest BCUT2D eigenvalue weighted by Crippen LogP contribution is -2.35. The van der Waals surface area contributed by atoms with Gasteiger partial charge < -0.3 is 9.32 Å². The molecule has 1 fully saturated rings. The van der Waals surface area contributed by atoms with Crippen molar-refractivity contribution in [3.8, 4) is 0 Å². The van der Waals surface area contributed by atoms with Gasteiger partial charge in [0.05, 0.1) is 0 Å². The van der Waals surface area contributed by atoms with Gasteiger partial charge in [-0.15, -0.1) is 6.58 Å². The van der Waals surface area contributed by atoms with Crippen LogP contribution in [0.2, 0.25) is 0 Å². The van der Waals surface area contributed by atoms with Crippen LogP contribution in [0.15, 0.2) is 57.0 Å². The van der Waals surface area contributed by atoms with E-state index in [1.165, 1.54) is 33.5 Å². The van der Waals surface area contributed by atoms with E-state index < -0.39 is 21.7 Å². The molecule has 0 unspecified atom stereocenters. The molecule has 0 bridgehead atoms. The van der Waals surface area contributed by atoms with Crippen LogP contribution >= 0.6 is 15.9 Å². The lowest BCUT2D eigenvalue weighted by atomic mass is 10.2. The Kier molecular flexibility index (Phi) is 6.92. The molecule has 0 atom stereocenters. The molecule has 3 rings (SSSR count). The minimum absolute atomic E-state index is 0.00889. The molecule has 0 aliphatic carbocycles. The quantitative estimate of drug-likeness (QED) is 0.552. The van der Waals surface area contributed by atoms with E-state index >= 15 is 0 Å². The molecule has 2 heterocycles. The summed E-state index contributed by atoms with van der Waals surface area (Å²) in [5.74, 6) is -1.09. The number of amides is 1. The second-order valence-electron chi connectivity index (χ2n) is 6.79. The van der Waals surface area contributed by atoms with Crippen LogP contribution < -0.4 is 0 Å². The highest BCUT2D eigenvalue weighted by molar-refractivity contribution is 9.10. The predicted molar refractivity (Wildman–Crippen MR) is 110 cm³/mol. The molecule has 156 valence electrons. The molecule has 1 aromatic heterocycles. The summed E-state index contributed by atoms with van der Waals surface area (Å²) in [6, 6.07) is 7.11. The second-order valence-corrected chi connectivity index (χ2v) is 9.58. The molecule has 0 radical (unpaired) electrons. The monoisotopic (exact) mass is 484 g/mol. The summed E-state index contributed by atoms with van der Waals surface area (Å²) >= 11 is 3.29. The molecule has 2 aromatic rings. The molecule has 1 aromatic carbocycles. The maximum atomic E-state index is 14.1. The Morgan fingerprint density at radius 3 is 2.66 bits per heavy atom. The minimum atomic E-state index is -3.77. The van der Waals surface area contributed by atoms with Gasteiger partial charge in [-0.2, -0.15) is 4.31 Å². The second kappa shape index (κ2) is 9.23. The Labute approximate surface area is 178 Å². The Hall–Kier alpha value is -1.97. The number of piperidine rings is 1. The molecular formula is C20H22BrFN2O4S. The standard InChI is InChI=1S/C20H22BrFN2O4S/c1-2-10-23(14-15-13-16(21)6-7-17(15)22)20(25)18-8-9-19(28-18)29(26,27)24-11-4-3-5-12-24/h2,6-9,13H,1,3-5,10-12,14H2. The van der Waals surface area contributed by atoms with E-state index in [9.17, 15) is 17.6 Å². The van der Waals surface area contributed by atoms with Crippen LogP contribution in [0.25, 0.3) is 0 Å². The number of carbonyl (C=O) groups is 1. The maximum Gasteiger partial charge on any atom is 0.290 e. The first-order valence-corrected chi connectivity index (χ1v) is 11.5. The Morgan fingerprint density at radius 1 is 1.24 bits per heavy atom. The van der Waals surface area contributed by atoms with Gasteiger partial charge >= 0.3 is 0 Å². The summed E-state index contributed by atoms with van der Waals surface area (Å²) in [6.45, 7) is 4.66. The van der Waals surface area contributed by atoms with E-state index in [1.54, 1.807) is 12.1 Å². The molecule has 29 heavy (non-hydrogen) atoms. The molecule has 0 saturated carbocycles. The maximum absolute atomic E-state index is 14.1. The SMILES string of the molecule is C=CCN(Cc1cc(Br)ccc1F)C(=O)c1ccc(S(=O)(=O)N2CCCCC2)o1. The summed E-state index contributed by atoms with van der Waals surface area (Å²) in [5, 5.41) is -0.255. The third-order valence-corrected chi connectivity index (χ3v) is 6.97. The van der Waals surface area contributed by atoms with Crippen LogP contribution in [0, 0.1) is 5.82 Å². The van der Waals surface area contributed by atoms with Crippen LogP contribution in [0.5, 0.6) is 0 Å².